The first-order valence-electron chi connectivity index (χ1n) is 7.10. The maximum Gasteiger partial charge on any atom is 0.189 e. The SMILES string of the molecule is CSc1nc(Nc2ccccc2)c(C=O)c(-c2ccccc2)n1. The number of benzene rings is 2. The lowest BCUT2D eigenvalue weighted by molar-refractivity contribution is 0.112. The van der Waals surface area contributed by atoms with E-state index in [0.29, 0.717) is 22.2 Å². The van der Waals surface area contributed by atoms with Gasteiger partial charge in [-0.2, -0.15) is 0 Å². The van der Waals surface area contributed by atoms with Crippen molar-refractivity contribution in [2.24, 2.45) is 0 Å². The van der Waals surface area contributed by atoms with Gasteiger partial charge in [0.2, 0.25) is 0 Å². The smallest absolute Gasteiger partial charge is 0.189 e. The minimum Gasteiger partial charge on any atom is -0.339 e. The summed E-state index contributed by atoms with van der Waals surface area (Å²) in [4.78, 5) is 20.7. The Kier molecular flexibility index (Phi) is 4.68. The van der Waals surface area contributed by atoms with Gasteiger partial charge in [-0.25, -0.2) is 9.97 Å². The van der Waals surface area contributed by atoms with Crippen LogP contribution in [0, 0.1) is 0 Å². The van der Waals surface area contributed by atoms with Crippen LogP contribution in [-0.4, -0.2) is 22.5 Å². The first-order chi connectivity index (χ1) is 11.3. The molecular formula is C18H15N3OS. The predicted molar refractivity (Wildman–Crippen MR) is 94.4 cm³/mol. The summed E-state index contributed by atoms with van der Waals surface area (Å²) in [6, 6.07) is 19.3. The summed E-state index contributed by atoms with van der Waals surface area (Å²) in [6.45, 7) is 0. The molecule has 23 heavy (non-hydrogen) atoms. The summed E-state index contributed by atoms with van der Waals surface area (Å²) in [5.74, 6) is 0.518. The van der Waals surface area contributed by atoms with E-state index >= 15 is 0 Å². The van der Waals surface area contributed by atoms with Crippen molar-refractivity contribution < 1.29 is 4.79 Å². The number of nitrogens with one attached hydrogen (secondary N) is 1. The molecule has 0 unspecified atom stereocenters. The number of carbonyl (C=O) groups is 1. The molecule has 4 nitrogen and oxygen atoms in total. The Hall–Kier alpha value is -2.66. The van der Waals surface area contributed by atoms with Crippen molar-refractivity contribution in [2.45, 2.75) is 5.16 Å². The van der Waals surface area contributed by atoms with Crippen molar-refractivity contribution in [3.05, 3.63) is 66.2 Å². The number of anilines is 2. The molecule has 1 heterocycles. The monoisotopic (exact) mass is 321 g/mol. The quantitative estimate of drug-likeness (QED) is 0.428. The lowest BCUT2D eigenvalue weighted by atomic mass is 10.1. The van der Waals surface area contributed by atoms with Crippen LogP contribution in [0.5, 0.6) is 0 Å². The highest BCUT2D eigenvalue weighted by molar-refractivity contribution is 7.98. The fraction of sp³-hybridized carbons (Fsp3) is 0.0556. The summed E-state index contributed by atoms with van der Waals surface area (Å²) >= 11 is 1.44. The molecule has 0 aliphatic carbocycles. The van der Waals surface area contributed by atoms with Crippen LogP contribution in [0.3, 0.4) is 0 Å². The molecule has 2 aromatic carbocycles. The van der Waals surface area contributed by atoms with Crippen molar-refractivity contribution in [1.29, 1.82) is 0 Å². The van der Waals surface area contributed by atoms with Crippen LogP contribution < -0.4 is 5.32 Å². The van der Waals surface area contributed by atoms with E-state index in [0.717, 1.165) is 17.5 Å². The van der Waals surface area contributed by atoms with Crippen LogP contribution in [0.4, 0.5) is 11.5 Å². The Bertz CT molecular complexity index is 807. The highest BCUT2D eigenvalue weighted by atomic mass is 32.2. The van der Waals surface area contributed by atoms with Gasteiger partial charge in [-0.15, -0.1) is 0 Å². The number of aldehydes is 1. The summed E-state index contributed by atoms with van der Waals surface area (Å²) in [7, 11) is 0. The zero-order valence-electron chi connectivity index (χ0n) is 12.6. The van der Waals surface area contributed by atoms with Crippen LogP contribution in [0.15, 0.2) is 65.8 Å². The van der Waals surface area contributed by atoms with Gasteiger partial charge < -0.3 is 5.32 Å². The lowest BCUT2D eigenvalue weighted by Gasteiger charge is -2.13. The highest BCUT2D eigenvalue weighted by Crippen LogP contribution is 2.29. The van der Waals surface area contributed by atoms with Crippen molar-refractivity contribution in [3.8, 4) is 11.3 Å². The number of thioether (sulfide) groups is 1. The van der Waals surface area contributed by atoms with Gasteiger partial charge in [-0.1, -0.05) is 60.3 Å². The van der Waals surface area contributed by atoms with E-state index < -0.39 is 0 Å². The molecule has 114 valence electrons. The summed E-state index contributed by atoms with van der Waals surface area (Å²) in [5.41, 5.74) is 2.86. The average molecular weight is 321 g/mol. The van der Waals surface area contributed by atoms with E-state index in [4.69, 9.17) is 0 Å². The van der Waals surface area contributed by atoms with Gasteiger partial charge in [0.05, 0.1) is 11.3 Å². The first kappa shape index (κ1) is 15.2. The van der Waals surface area contributed by atoms with Gasteiger partial charge in [-0.3, -0.25) is 4.79 Å². The van der Waals surface area contributed by atoms with Gasteiger partial charge in [0.15, 0.2) is 11.4 Å². The molecule has 0 aliphatic rings. The predicted octanol–water partition coefficient (Wildman–Crippen LogP) is 4.42. The van der Waals surface area contributed by atoms with Crippen LogP contribution in [0.25, 0.3) is 11.3 Å². The number of nitrogens with zero attached hydrogens (tertiary/aromatic N) is 2. The Morgan fingerprint density at radius 1 is 0.957 bits per heavy atom. The standard InChI is InChI=1S/C18H15N3OS/c1-23-18-20-16(13-8-4-2-5-9-13)15(12-22)17(21-18)19-14-10-6-3-7-11-14/h2-12H,1H3,(H,19,20,21). The number of hydrogen-bond acceptors (Lipinski definition) is 5. The molecule has 0 radical (unpaired) electrons. The maximum atomic E-state index is 11.7. The number of hydrogen-bond donors (Lipinski definition) is 1. The van der Waals surface area contributed by atoms with Crippen molar-refractivity contribution >= 4 is 29.6 Å². The third-order valence-corrected chi connectivity index (χ3v) is 3.86. The molecule has 0 atom stereocenters. The first-order valence-corrected chi connectivity index (χ1v) is 8.33. The molecular weight excluding hydrogens is 306 g/mol. The molecule has 0 saturated carbocycles. The number of rotatable bonds is 5. The Balaban J connectivity index is 2.13. The Morgan fingerprint density at radius 2 is 1.61 bits per heavy atom. The minimum atomic E-state index is 0.456. The second-order valence-corrected chi connectivity index (χ2v) is 5.57. The Morgan fingerprint density at radius 3 is 2.22 bits per heavy atom. The van der Waals surface area contributed by atoms with Crippen molar-refractivity contribution in [1.82, 2.24) is 9.97 Å². The average Bonchev–Trinajstić information content (AvgIpc) is 2.62. The molecule has 1 N–H and O–H groups in total. The second kappa shape index (κ2) is 7.07. The number of carbonyl (C=O) groups excluding carboxylic acids is 1. The fourth-order valence-corrected chi connectivity index (χ4v) is 2.59. The van der Waals surface area contributed by atoms with Crippen LogP contribution in [0.1, 0.15) is 10.4 Å². The second-order valence-electron chi connectivity index (χ2n) is 4.80. The van der Waals surface area contributed by atoms with E-state index in [2.05, 4.69) is 15.3 Å². The van der Waals surface area contributed by atoms with E-state index in [1.54, 1.807) is 0 Å². The zero-order valence-corrected chi connectivity index (χ0v) is 13.4. The molecule has 1 aromatic heterocycles. The normalized spacial score (nSPS) is 10.3. The molecule has 0 amide bonds. The molecule has 0 aliphatic heterocycles. The van der Waals surface area contributed by atoms with Gasteiger partial charge >= 0.3 is 0 Å². The zero-order chi connectivity index (χ0) is 16.1. The summed E-state index contributed by atoms with van der Waals surface area (Å²) < 4.78 is 0. The molecule has 3 rings (SSSR count). The van der Waals surface area contributed by atoms with Crippen LogP contribution in [0.2, 0.25) is 0 Å². The third kappa shape index (κ3) is 3.40. The molecule has 0 bridgehead atoms. The third-order valence-electron chi connectivity index (χ3n) is 3.31. The molecule has 0 spiro atoms. The van der Waals surface area contributed by atoms with Gasteiger partial charge in [-0.05, 0) is 18.4 Å². The lowest BCUT2D eigenvalue weighted by Crippen LogP contribution is -2.04. The number of aromatic nitrogens is 2. The molecule has 5 heteroatoms. The molecule has 3 aromatic rings. The molecule has 0 fully saturated rings. The van der Waals surface area contributed by atoms with E-state index in [9.17, 15) is 4.79 Å². The highest BCUT2D eigenvalue weighted by Gasteiger charge is 2.15. The van der Waals surface area contributed by atoms with E-state index in [-0.39, 0.29) is 0 Å². The van der Waals surface area contributed by atoms with Gasteiger partial charge in [0, 0.05) is 11.3 Å². The topological polar surface area (TPSA) is 54.9 Å². The Labute approximate surface area is 139 Å². The molecule has 0 saturated heterocycles. The largest absolute Gasteiger partial charge is 0.339 e. The maximum absolute atomic E-state index is 11.7. The van der Waals surface area contributed by atoms with Crippen molar-refractivity contribution in [2.75, 3.05) is 11.6 Å². The van der Waals surface area contributed by atoms with E-state index in [1.807, 2.05) is 66.9 Å². The van der Waals surface area contributed by atoms with Crippen molar-refractivity contribution in [3.63, 3.8) is 0 Å². The van der Waals surface area contributed by atoms with Gasteiger partial charge in [0.1, 0.15) is 5.82 Å². The summed E-state index contributed by atoms with van der Waals surface area (Å²) in [5, 5.41) is 3.83. The number of para-hydroxylation sites is 1. The van der Waals surface area contributed by atoms with Crippen LogP contribution >= 0.6 is 11.8 Å². The van der Waals surface area contributed by atoms with Gasteiger partial charge in [0.25, 0.3) is 0 Å². The summed E-state index contributed by atoms with van der Waals surface area (Å²) in [6.07, 6.45) is 2.72. The van der Waals surface area contributed by atoms with E-state index in [1.165, 1.54) is 11.8 Å². The fourth-order valence-electron chi connectivity index (χ4n) is 2.22. The minimum absolute atomic E-state index is 0.456. The van der Waals surface area contributed by atoms with Crippen LogP contribution in [-0.2, 0) is 0 Å².